The van der Waals surface area contributed by atoms with Gasteiger partial charge in [0.1, 0.15) is 18.3 Å². The molecule has 3 atom stereocenters. The van der Waals surface area contributed by atoms with Gasteiger partial charge in [-0.05, 0) is 29.5 Å². The smallest absolute Gasteiger partial charge is 0.168 e. The Balaban J connectivity index is 2.79. The van der Waals surface area contributed by atoms with Crippen LogP contribution in [0.25, 0.3) is 0 Å². The number of carbonyl (C=O) groups excluding carboxylic acids is 1. The minimum absolute atomic E-state index is 0.0205. The highest BCUT2D eigenvalue weighted by Crippen LogP contribution is 2.15. The van der Waals surface area contributed by atoms with E-state index in [0.29, 0.717) is 0 Å². The van der Waals surface area contributed by atoms with Crippen molar-refractivity contribution in [1.29, 1.82) is 0 Å². The lowest BCUT2D eigenvalue weighted by molar-refractivity contribution is -0.139. The van der Waals surface area contributed by atoms with Crippen LogP contribution >= 0.6 is 0 Å². The molecule has 1 aromatic carbocycles. The van der Waals surface area contributed by atoms with E-state index in [0.717, 1.165) is 24.0 Å². The largest absolute Gasteiger partial charge is 0.394 e. The van der Waals surface area contributed by atoms with E-state index in [-0.39, 0.29) is 6.42 Å². The summed E-state index contributed by atoms with van der Waals surface area (Å²) in [6, 6.07) is 5.72. The molecule has 0 saturated heterocycles. The van der Waals surface area contributed by atoms with Crippen LogP contribution < -0.4 is 0 Å². The van der Waals surface area contributed by atoms with Crippen LogP contribution in [-0.4, -0.2) is 51.1 Å². The number of rotatable bonds is 8. The number of hydrogen-bond acceptors (Lipinski definition) is 5. The molecule has 0 spiro atoms. The zero-order valence-electron chi connectivity index (χ0n) is 12.5. The quantitative estimate of drug-likeness (QED) is 0.541. The Hall–Kier alpha value is -1.27. The van der Waals surface area contributed by atoms with Gasteiger partial charge in [-0.1, -0.05) is 32.0 Å². The normalized spacial score (nSPS) is 15.5. The van der Waals surface area contributed by atoms with E-state index < -0.39 is 30.7 Å². The maximum absolute atomic E-state index is 11.9. The number of aryl methyl sites for hydroxylation is 2. The van der Waals surface area contributed by atoms with Crippen LogP contribution in [0.4, 0.5) is 0 Å². The summed E-state index contributed by atoms with van der Waals surface area (Å²) < 4.78 is 0. The van der Waals surface area contributed by atoms with Crippen LogP contribution in [0.1, 0.15) is 30.5 Å². The maximum atomic E-state index is 11.9. The molecule has 5 nitrogen and oxygen atoms in total. The average molecular weight is 296 g/mol. The van der Waals surface area contributed by atoms with E-state index in [1.165, 1.54) is 5.56 Å². The molecule has 1 aromatic rings. The molecule has 0 aliphatic heterocycles. The molecule has 0 unspecified atom stereocenters. The van der Waals surface area contributed by atoms with Crippen molar-refractivity contribution in [3.05, 3.63) is 34.9 Å². The van der Waals surface area contributed by atoms with Crippen LogP contribution in [0.2, 0.25) is 0 Å². The molecule has 118 valence electrons. The summed E-state index contributed by atoms with van der Waals surface area (Å²) in [5.74, 6) is -0.582. The lowest BCUT2D eigenvalue weighted by Gasteiger charge is -2.20. The summed E-state index contributed by atoms with van der Waals surface area (Å²) in [6.45, 7) is 3.39. The second kappa shape index (κ2) is 8.24. The summed E-state index contributed by atoms with van der Waals surface area (Å²) in [4.78, 5) is 11.9. The number of aliphatic hydroxyl groups is 4. The third-order valence-corrected chi connectivity index (χ3v) is 3.65. The molecule has 4 N–H and O–H groups in total. The fourth-order valence-electron chi connectivity index (χ4n) is 2.28. The molecule has 0 heterocycles. The number of carbonyl (C=O) groups is 1. The van der Waals surface area contributed by atoms with Crippen molar-refractivity contribution < 1.29 is 25.2 Å². The highest BCUT2D eigenvalue weighted by molar-refractivity contribution is 5.85. The van der Waals surface area contributed by atoms with Crippen LogP contribution in [0.5, 0.6) is 0 Å². The van der Waals surface area contributed by atoms with Crippen LogP contribution in [0.15, 0.2) is 18.2 Å². The molecule has 0 bridgehead atoms. The summed E-state index contributed by atoms with van der Waals surface area (Å²) in [7, 11) is 0. The van der Waals surface area contributed by atoms with Gasteiger partial charge in [-0.25, -0.2) is 0 Å². The van der Waals surface area contributed by atoms with Crippen LogP contribution in [-0.2, 0) is 24.1 Å². The number of benzene rings is 1. The molecule has 0 aromatic heterocycles. The van der Waals surface area contributed by atoms with Crippen molar-refractivity contribution in [1.82, 2.24) is 0 Å². The van der Waals surface area contributed by atoms with Crippen molar-refractivity contribution in [2.45, 2.75) is 51.4 Å². The zero-order chi connectivity index (χ0) is 16.0. The van der Waals surface area contributed by atoms with Gasteiger partial charge in [-0.3, -0.25) is 4.79 Å². The van der Waals surface area contributed by atoms with Crippen molar-refractivity contribution in [3.8, 4) is 0 Å². The molecule has 0 fully saturated rings. The van der Waals surface area contributed by atoms with Crippen molar-refractivity contribution >= 4 is 5.78 Å². The topological polar surface area (TPSA) is 98.0 Å². The third-order valence-electron chi connectivity index (χ3n) is 3.65. The molecule has 5 heteroatoms. The molecule has 0 aliphatic carbocycles. The van der Waals surface area contributed by atoms with E-state index in [4.69, 9.17) is 5.11 Å². The molecule has 0 amide bonds. The first kappa shape index (κ1) is 17.8. The summed E-state index contributed by atoms with van der Waals surface area (Å²) in [6.07, 6.45) is -3.15. The van der Waals surface area contributed by atoms with E-state index in [9.17, 15) is 20.1 Å². The van der Waals surface area contributed by atoms with Gasteiger partial charge in [0.05, 0.1) is 6.61 Å². The molecular weight excluding hydrogens is 272 g/mol. The van der Waals surface area contributed by atoms with Crippen LogP contribution in [0, 0.1) is 0 Å². The first-order chi connectivity index (χ1) is 9.94. The lowest BCUT2D eigenvalue weighted by atomic mass is 9.95. The minimum Gasteiger partial charge on any atom is -0.394 e. The average Bonchev–Trinajstić information content (AvgIpc) is 2.52. The van der Waals surface area contributed by atoms with E-state index >= 15 is 0 Å². The monoisotopic (exact) mass is 296 g/mol. The van der Waals surface area contributed by atoms with E-state index in [2.05, 4.69) is 6.92 Å². The van der Waals surface area contributed by atoms with Gasteiger partial charge >= 0.3 is 0 Å². The number of Topliss-reactive ketones (excluding diaryl/α,β-unsaturated/α-hetero) is 1. The molecule has 0 saturated carbocycles. The summed E-state index contributed by atoms with van der Waals surface area (Å²) in [5, 5.41) is 37.2. The molecular formula is C16H24O5. The van der Waals surface area contributed by atoms with Crippen molar-refractivity contribution in [3.63, 3.8) is 0 Å². The highest BCUT2D eigenvalue weighted by Gasteiger charge is 2.29. The zero-order valence-corrected chi connectivity index (χ0v) is 12.5. The Kier molecular flexibility index (Phi) is 6.98. The lowest BCUT2D eigenvalue weighted by Crippen LogP contribution is -2.44. The standard InChI is InChI=1S/C16H24O5/c1-3-11-6-5-10(7-12(11)4-2)8-13(18)15(20)16(21)14(19)9-17/h5-7,14-17,19-21H,3-4,8-9H2,1-2H3/t14-,15+,16+/m1/s1. The van der Waals surface area contributed by atoms with Gasteiger partial charge in [0, 0.05) is 6.42 Å². The Morgan fingerprint density at radius 2 is 1.71 bits per heavy atom. The van der Waals surface area contributed by atoms with Crippen molar-refractivity contribution in [2.24, 2.45) is 0 Å². The van der Waals surface area contributed by atoms with Crippen molar-refractivity contribution in [2.75, 3.05) is 6.61 Å². The number of aliphatic hydroxyl groups excluding tert-OH is 4. The number of hydrogen-bond donors (Lipinski definition) is 4. The second-order valence-electron chi connectivity index (χ2n) is 5.14. The van der Waals surface area contributed by atoms with Gasteiger partial charge in [0.25, 0.3) is 0 Å². The first-order valence-corrected chi connectivity index (χ1v) is 7.22. The third kappa shape index (κ3) is 4.61. The Morgan fingerprint density at radius 1 is 1.10 bits per heavy atom. The predicted molar refractivity (Wildman–Crippen MR) is 79.0 cm³/mol. The fourth-order valence-corrected chi connectivity index (χ4v) is 2.28. The Bertz CT molecular complexity index is 472. The fraction of sp³-hybridized carbons (Fsp3) is 0.562. The first-order valence-electron chi connectivity index (χ1n) is 7.22. The Labute approximate surface area is 124 Å². The molecule has 0 radical (unpaired) electrons. The van der Waals surface area contributed by atoms with E-state index in [1.807, 2.05) is 25.1 Å². The van der Waals surface area contributed by atoms with Gasteiger partial charge < -0.3 is 20.4 Å². The summed E-state index contributed by atoms with van der Waals surface area (Å²) >= 11 is 0. The highest BCUT2D eigenvalue weighted by atomic mass is 16.4. The van der Waals surface area contributed by atoms with Gasteiger partial charge in [0.2, 0.25) is 0 Å². The SMILES string of the molecule is CCc1ccc(CC(=O)[C@H](O)[C@@H](O)[C@H](O)CO)cc1CC. The maximum Gasteiger partial charge on any atom is 0.168 e. The van der Waals surface area contributed by atoms with Gasteiger partial charge in [0.15, 0.2) is 5.78 Å². The molecule has 21 heavy (non-hydrogen) atoms. The predicted octanol–water partition coefficient (Wildman–Crippen LogP) is -0.00200. The molecule has 1 rings (SSSR count). The Morgan fingerprint density at radius 3 is 2.24 bits per heavy atom. The second-order valence-corrected chi connectivity index (χ2v) is 5.14. The van der Waals surface area contributed by atoms with E-state index in [1.54, 1.807) is 0 Å². The number of ketones is 1. The van der Waals surface area contributed by atoms with Gasteiger partial charge in [-0.15, -0.1) is 0 Å². The van der Waals surface area contributed by atoms with Gasteiger partial charge in [-0.2, -0.15) is 0 Å². The van der Waals surface area contributed by atoms with Crippen LogP contribution in [0.3, 0.4) is 0 Å². The summed E-state index contributed by atoms with van der Waals surface area (Å²) in [5.41, 5.74) is 3.15. The molecule has 0 aliphatic rings. The minimum atomic E-state index is -1.71.